The molecule has 0 amide bonds. The maximum Gasteiger partial charge on any atom is 0.378 e. The van der Waals surface area contributed by atoms with Crippen LogP contribution in [0.1, 0.15) is 34.3 Å². The summed E-state index contributed by atoms with van der Waals surface area (Å²) in [4.78, 5) is 28.9. The van der Waals surface area contributed by atoms with E-state index in [4.69, 9.17) is 9.26 Å². The molecule has 0 saturated heterocycles. The molecule has 4 heterocycles. The molecule has 0 aliphatic carbocycles. The van der Waals surface area contributed by atoms with Gasteiger partial charge >= 0.3 is 5.97 Å². The Labute approximate surface area is 159 Å². The maximum atomic E-state index is 12.2. The van der Waals surface area contributed by atoms with Crippen LogP contribution in [0.4, 0.5) is 0 Å². The van der Waals surface area contributed by atoms with Crippen LogP contribution in [-0.2, 0) is 11.2 Å². The van der Waals surface area contributed by atoms with Gasteiger partial charge in [-0.05, 0) is 38.5 Å². The molecular formula is C18H17N7O3. The monoisotopic (exact) mass is 379 g/mol. The van der Waals surface area contributed by atoms with Crippen molar-refractivity contribution < 1.29 is 14.1 Å². The van der Waals surface area contributed by atoms with Gasteiger partial charge in [-0.2, -0.15) is 9.97 Å². The van der Waals surface area contributed by atoms with E-state index in [0.717, 1.165) is 17.0 Å². The predicted octanol–water partition coefficient (Wildman–Crippen LogP) is 1.98. The number of aryl methyl sites for hydroxylation is 3. The minimum atomic E-state index is -0.593. The molecule has 0 aliphatic heterocycles. The molecule has 0 fully saturated rings. The fourth-order valence-electron chi connectivity index (χ4n) is 2.67. The van der Waals surface area contributed by atoms with Gasteiger partial charge in [-0.3, -0.25) is 4.98 Å². The van der Waals surface area contributed by atoms with Crippen LogP contribution >= 0.6 is 0 Å². The molecule has 0 aliphatic rings. The van der Waals surface area contributed by atoms with Gasteiger partial charge in [0.2, 0.25) is 11.7 Å². The van der Waals surface area contributed by atoms with E-state index in [9.17, 15) is 4.79 Å². The average Bonchev–Trinajstić information content (AvgIpc) is 3.33. The van der Waals surface area contributed by atoms with Gasteiger partial charge in [-0.15, -0.1) is 5.10 Å². The lowest BCUT2D eigenvalue weighted by atomic mass is 10.3. The van der Waals surface area contributed by atoms with Crippen LogP contribution in [0.25, 0.3) is 17.2 Å². The van der Waals surface area contributed by atoms with Crippen LogP contribution in [0.2, 0.25) is 0 Å². The average molecular weight is 379 g/mol. The standard InChI is InChI=1S/C18H17N7O3/c1-11-9-12(2)25-18(20-11)22-16(23-25)17(26)27-8-4-6-14-21-15(24-28-14)13-5-3-7-19-10-13/h3,5,7,9-10H,4,6,8H2,1-2H3. The van der Waals surface area contributed by atoms with Gasteiger partial charge in [0, 0.05) is 35.8 Å². The number of rotatable bonds is 6. The second kappa shape index (κ2) is 7.51. The quantitative estimate of drug-likeness (QED) is 0.365. The number of hydrogen-bond donors (Lipinski definition) is 0. The van der Waals surface area contributed by atoms with Crippen LogP contribution in [0.3, 0.4) is 0 Å². The molecule has 0 unspecified atom stereocenters. The Hall–Kier alpha value is -3.69. The van der Waals surface area contributed by atoms with E-state index in [0.29, 0.717) is 30.3 Å². The minimum absolute atomic E-state index is 0.0159. The molecular weight excluding hydrogens is 362 g/mol. The minimum Gasteiger partial charge on any atom is -0.460 e. The zero-order valence-corrected chi connectivity index (χ0v) is 15.4. The Bertz CT molecular complexity index is 1120. The molecule has 0 bridgehead atoms. The van der Waals surface area contributed by atoms with Crippen molar-refractivity contribution in [3.8, 4) is 11.4 Å². The topological polar surface area (TPSA) is 121 Å². The van der Waals surface area contributed by atoms with Crippen molar-refractivity contribution in [2.45, 2.75) is 26.7 Å². The van der Waals surface area contributed by atoms with E-state index < -0.39 is 5.97 Å². The second-order valence-corrected chi connectivity index (χ2v) is 6.18. The molecule has 4 rings (SSSR count). The number of carbonyl (C=O) groups excluding carboxylic acids is 1. The van der Waals surface area contributed by atoms with Crippen molar-refractivity contribution in [2.24, 2.45) is 0 Å². The maximum absolute atomic E-state index is 12.2. The van der Waals surface area contributed by atoms with Gasteiger partial charge in [0.05, 0.1) is 6.61 Å². The smallest absolute Gasteiger partial charge is 0.378 e. The SMILES string of the molecule is Cc1cc(C)n2nc(C(=O)OCCCc3nc(-c4cccnc4)no3)nc2n1. The summed E-state index contributed by atoms with van der Waals surface area (Å²) in [6.45, 7) is 3.91. The third-order valence-electron chi connectivity index (χ3n) is 3.96. The number of hydrogen-bond acceptors (Lipinski definition) is 9. The van der Waals surface area contributed by atoms with E-state index in [1.165, 1.54) is 4.52 Å². The summed E-state index contributed by atoms with van der Waals surface area (Å²) < 4.78 is 12.0. The molecule has 0 spiro atoms. The Morgan fingerprint density at radius 2 is 2.14 bits per heavy atom. The third-order valence-corrected chi connectivity index (χ3v) is 3.96. The van der Waals surface area contributed by atoms with Crippen molar-refractivity contribution in [2.75, 3.05) is 6.61 Å². The highest BCUT2D eigenvalue weighted by atomic mass is 16.5. The summed E-state index contributed by atoms with van der Waals surface area (Å²) in [5, 5.41) is 8.07. The number of pyridine rings is 1. The fourth-order valence-corrected chi connectivity index (χ4v) is 2.67. The Morgan fingerprint density at radius 3 is 2.96 bits per heavy atom. The van der Waals surface area contributed by atoms with E-state index >= 15 is 0 Å². The summed E-state index contributed by atoms with van der Waals surface area (Å²) >= 11 is 0. The molecule has 0 N–H and O–H groups in total. The van der Waals surface area contributed by atoms with Crippen LogP contribution in [0, 0.1) is 13.8 Å². The molecule has 4 aromatic heterocycles. The molecule has 0 saturated carbocycles. The highest BCUT2D eigenvalue weighted by molar-refractivity contribution is 5.85. The van der Waals surface area contributed by atoms with E-state index in [-0.39, 0.29) is 12.4 Å². The van der Waals surface area contributed by atoms with Gasteiger partial charge in [-0.1, -0.05) is 5.16 Å². The first-order valence-electron chi connectivity index (χ1n) is 8.71. The van der Waals surface area contributed by atoms with Crippen molar-refractivity contribution in [3.05, 3.63) is 53.7 Å². The zero-order chi connectivity index (χ0) is 19.5. The zero-order valence-electron chi connectivity index (χ0n) is 15.4. The molecule has 0 radical (unpaired) electrons. The Kier molecular flexibility index (Phi) is 4.75. The van der Waals surface area contributed by atoms with Gasteiger partial charge in [0.25, 0.3) is 11.6 Å². The summed E-state index contributed by atoms with van der Waals surface area (Å²) in [6, 6.07) is 5.51. The van der Waals surface area contributed by atoms with Gasteiger partial charge in [-0.25, -0.2) is 14.3 Å². The molecule has 10 nitrogen and oxygen atoms in total. The largest absolute Gasteiger partial charge is 0.460 e. The fraction of sp³-hybridized carbons (Fsp3) is 0.278. The van der Waals surface area contributed by atoms with E-state index in [1.807, 2.05) is 26.0 Å². The Balaban J connectivity index is 1.31. The molecule has 0 aromatic carbocycles. The van der Waals surface area contributed by atoms with Gasteiger partial charge in [0.15, 0.2) is 0 Å². The summed E-state index contributed by atoms with van der Waals surface area (Å²) in [6.07, 6.45) is 4.36. The number of fused-ring (bicyclic) bond motifs is 1. The first-order valence-corrected chi connectivity index (χ1v) is 8.71. The summed E-state index contributed by atoms with van der Waals surface area (Å²) in [7, 11) is 0. The number of nitrogens with zero attached hydrogens (tertiary/aromatic N) is 7. The number of aromatic nitrogens is 7. The third kappa shape index (κ3) is 3.70. The van der Waals surface area contributed by atoms with Crippen molar-refractivity contribution in [1.29, 1.82) is 0 Å². The summed E-state index contributed by atoms with van der Waals surface area (Å²) in [5.41, 5.74) is 2.43. The van der Waals surface area contributed by atoms with Crippen LogP contribution in [0.5, 0.6) is 0 Å². The highest BCUT2D eigenvalue weighted by Crippen LogP contribution is 2.14. The van der Waals surface area contributed by atoms with Crippen LogP contribution in [-0.4, -0.2) is 47.3 Å². The number of ether oxygens (including phenoxy) is 1. The summed E-state index contributed by atoms with van der Waals surface area (Å²) in [5.74, 6) is 0.712. The first kappa shape index (κ1) is 17.7. The molecule has 10 heteroatoms. The first-order chi connectivity index (χ1) is 13.6. The Morgan fingerprint density at radius 1 is 1.25 bits per heavy atom. The highest BCUT2D eigenvalue weighted by Gasteiger charge is 2.16. The lowest BCUT2D eigenvalue weighted by Crippen LogP contribution is -2.09. The van der Waals surface area contributed by atoms with Crippen LogP contribution < -0.4 is 0 Å². The van der Waals surface area contributed by atoms with Crippen molar-refractivity contribution in [3.63, 3.8) is 0 Å². The van der Waals surface area contributed by atoms with Gasteiger partial charge < -0.3 is 9.26 Å². The number of carbonyl (C=O) groups is 1. The van der Waals surface area contributed by atoms with Crippen LogP contribution in [0.15, 0.2) is 35.1 Å². The molecule has 4 aromatic rings. The van der Waals surface area contributed by atoms with E-state index in [2.05, 4.69) is 30.2 Å². The predicted molar refractivity (Wildman–Crippen MR) is 96.4 cm³/mol. The second-order valence-electron chi connectivity index (χ2n) is 6.18. The normalized spacial score (nSPS) is 11.1. The molecule has 28 heavy (non-hydrogen) atoms. The lowest BCUT2D eigenvalue weighted by Gasteiger charge is -2.00. The molecule has 142 valence electrons. The van der Waals surface area contributed by atoms with Crippen molar-refractivity contribution in [1.82, 2.24) is 34.7 Å². The number of esters is 1. The molecule has 0 atom stereocenters. The van der Waals surface area contributed by atoms with Crippen molar-refractivity contribution >= 4 is 11.7 Å². The van der Waals surface area contributed by atoms with E-state index in [1.54, 1.807) is 18.5 Å². The van der Waals surface area contributed by atoms with Gasteiger partial charge in [0.1, 0.15) is 0 Å². The lowest BCUT2D eigenvalue weighted by molar-refractivity contribution is 0.0484.